The number of esters is 2. The lowest BCUT2D eigenvalue weighted by atomic mass is 10.1. The molecule has 0 saturated carbocycles. The Morgan fingerprint density at radius 3 is 1.00 bits per heavy atom. The minimum absolute atomic E-state index is 0.177. The van der Waals surface area contributed by atoms with Crippen molar-refractivity contribution in [3.63, 3.8) is 0 Å². The number of quaternary nitrogens is 1. The Bertz CT molecular complexity index is 1030. The van der Waals surface area contributed by atoms with Gasteiger partial charge < -0.3 is 14.0 Å². The minimum Gasteiger partial charge on any atom is -0.726 e. The maximum atomic E-state index is 12.8. The van der Waals surface area contributed by atoms with Gasteiger partial charge >= 0.3 is 11.9 Å². The van der Waals surface area contributed by atoms with Crippen LogP contribution in [0, 0.1) is 0 Å². The van der Waals surface area contributed by atoms with Gasteiger partial charge in [-0.1, -0.05) is 141 Å². The Kier molecular flexibility index (Phi) is 34.5. The van der Waals surface area contributed by atoms with Crippen molar-refractivity contribution in [1.82, 2.24) is 0 Å². The molecule has 0 saturated heterocycles. The van der Waals surface area contributed by atoms with Gasteiger partial charge in [0, 0.05) is 40.5 Å². The van der Waals surface area contributed by atoms with Crippen molar-refractivity contribution < 1.29 is 40.7 Å². The Morgan fingerprint density at radius 1 is 0.509 bits per heavy atom. The van der Waals surface area contributed by atoms with E-state index in [2.05, 4.69) is 42.3 Å². The molecule has 0 fully saturated rings. The highest BCUT2D eigenvalue weighted by Crippen LogP contribution is 2.34. The molecular weight excluding hydrogens is 715 g/mol. The Labute approximate surface area is 340 Å². The average molecular weight is 802 g/mol. The second-order valence-electron chi connectivity index (χ2n) is 16.5. The van der Waals surface area contributed by atoms with E-state index < -0.39 is 21.8 Å². The van der Waals surface area contributed by atoms with E-state index in [9.17, 15) is 22.6 Å². The molecule has 0 aromatic rings. The number of hydrogen-bond donors (Lipinski definition) is 0. The van der Waals surface area contributed by atoms with Crippen LogP contribution >= 0.6 is 0 Å². The third-order valence-corrected chi connectivity index (χ3v) is 11.3. The second-order valence-corrected chi connectivity index (χ2v) is 17.7. The molecule has 0 aliphatic heterocycles. The van der Waals surface area contributed by atoms with Gasteiger partial charge in [-0.25, -0.2) is 8.42 Å². The summed E-state index contributed by atoms with van der Waals surface area (Å²) in [5, 5.41) is 0. The van der Waals surface area contributed by atoms with Crippen LogP contribution in [0.15, 0.2) is 24.3 Å². The van der Waals surface area contributed by atoms with Gasteiger partial charge in [-0.05, 0) is 64.2 Å². The molecule has 0 unspecified atom stereocenters. The molecule has 0 aromatic heterocycles. The smallest absolute Gasteiger partial charge is 0.310 e. The van der Waals surface area contributed by atoms with Crippen LogP contribution in [0.4, 0.5) is 0 Å². The van der Waals surface area contributed by atoms with E-state index >= 15 is 0 Å². The van der Waals surface area contributed by atoms with Crippen LogP contribution in [0.5, 0.6) is 0 Å². The first kappa shape index (κ1) is 55.3. The first-order valence-electron chi connectivity index (χ1n) is 22.1. The van der Waals surface area contributed by atoms with Crippen molar-refractivity contribution in [2.24, 2.45) is 0 Å². The first-order chi connectivity index (χ1) is 26.0. The predicted octanol–water partition coefficient (Wildman–Crippen LogP) is 12.8. The third kappa shape index (κ3) is 33.0. The van der Waals surface area contributed by atoms with Crippen molar-refractivity contribution in [2.75, 3.05) is 21.2 Å². The molecule has 0 aromatic carbocycles. The lowest BCUT2D eigenvalue weighted by Crippen LogP contribution is -2.69. The number of carbonyl (C=O) groups excluding carboxylic acids is 2. The maximum absolute atomic E-state index is 12.8. The number of unbranched alkanes of at least 4 members (excludes halogenated alkanes) is 22. The summed E-state index contributed by atoms with van der Waals surface area (Å²) in [6.45, 7) is 12.2. The van der Waals surface area contributed by atoms with E-state index in [-0.39, 0.29) is 16.4 Å². The van der Waals surface area contributed by atoms with E-state index in [0.717, 1.165) is 58.5 Å². The van der Waals surface area contributed by atoms with E-state index in [0.29, 0.717) is 12.8 Å². The molecule has 9 nitrogen and oxygen atoms in total. The fourth-order valence-electron chi connectivity index (χ4n) is 6.22. The van der Waals surface area contributed by atoms with Gasteiger partial charge in [-0.2, -0.15) is 0 Å². The van der Waals surface area contributed by atoms with Crippen LogP contribution in [-0.2, 0) is 33.6 Å². The van der Waals surface area contributed by atoms with Crippen molar-refractivity contribution in [2.45, 2.75) is 233 Å². The van der Waals surface area contributed by atoms with Crippen LogP contribution in [0.3, 0.4) is 0 Å². The quantitative estimate of drug-likeness (QED) is 0.0118. The topological polar surface area (TPSA) is 119 Å². The molecule has 0 amide bonds. The highest BCUT2D eigenvalue weighted by atomic mass is 32.3. The first-order valence-corrected chi connectivity index (χ1v) is 23.4. The average Bonchev–Trinajstić information content (AvgIpc) is 3.11. The van der Waals surface area contributed by atoms with Gasteiger partial charge in [-0.3, -0.25) is 18.3 Å². The molecular formula is C45H87NO8S. The van der Waals surface area contributed by atoms with Crippen LogP contribution in [0.2, 0.25) is 0 Å². The van der Waals surface area contributed by atoms with Crippen LogP contribution in [-0.4, -0.2) is 62.0 Å². The molecule has 326 valence electrons. The van der Waals surface area contributed by atoms with E-state index in [1.165, 1.54) is 116 Å². The van der Waals surface area contributed by atoms with Crippen molar-refractivity contribution in [3.8, 4) is 0 Å². The van der Waals surface area contributed by atoms with Crippen molar-refractivity contribution in [3.05, 3.63) is 24.3 Å². The molecule has 0 heterocycles. The monoisotopic (exact) mass is 802 g/mol. The molecule has 0 aliphatic carbocycles. The highest BCUT2D eigenvalue weighted by molar-refractivity contribution is 7.80. The molecule has 0 rings (SSSR count). The van der Waals surface area contributed by atoms with E-state index in [1.54, 1.807) is 0 Å². The van der Waals surface area contributed by atoms with Crippen molar-refractivity contribution >= 4 is 22.3 Å². The standard InChI is InChI=1S/C44H84NO4.CH4O4S/c1-9-11-13-15-17-19-21-23-25-27-29-31-33-35-37-39-41(46)48-43(3,4)45(7,8)44(5,6)49-42(47)40-38-36-34-32-30-28-26-24-22-20-18-16-14-12-10-2;1-5-6(2,3)4/h23-26H,9-22,27-40H2,1-8H3;1H3,(H,2,3,4)/q+1;/p-1/b25-23-,26-24-;. The summed E-state index contributed by atoms with van der Waals surface area (Å²) < 4.78 is 43.3. The molecule has 0 atom stereocenters. The van der Waals surface area contributed by atoms with Crippen LogP contribution in [0.25, 0.3) is 0 Å². The Balaban J connectivity index is 0. The fourth-order valence-corrected chi connectivity index (χ4v) is 6.22. The van der Waals surface area contributed by atoms with Gasteiger partial charge in [0.25, 0.3) is 0 Å². The predicted molar refractivity (Wildman–Crippen MR) is 228 cm³/mol. The number of allylic oxidation sites excluding steroid dienone is 4. The number of carbonyl (C=O) groups is 2. The summed E-state index contributed by atoms with van der Waals surface area (Å²) in [5.41, 5.74) is -1.68. The van der Waals surface area contributed by atoms with Crippen molar-refractivity contribution in [1.29, 1.82) is 0 Å². The second kappa shape index (κ2) is 34.3. The maximum Gasteiger partial charge on any atom is 0.310 e. The van der Waals surface area contributed by atoms with E-state index in [4.69, 9.17) is 9.47 Å². The third-order valence-electron chi connectivity index (χ3n) is 10.9. The Hall–Kier alpha value is -1.75. The SMILES string of the molecule is CCCCCCCC/C=C\CCCCCCCC(=O)OC(C)(C)[N+](C)(C)C(C)(C)OC(=O)CCCCCCC/C=C\CCCCCCCC.COS(=O)(=O)[O-]. The molecule has 0 aliphatic rings. The summed E-state index contributed by atoms with van der Waals surface area (Å²) in [7, 11) is 0.350. The number of ether oxygens (including phenoxy) is 2. The summed E-state index contributed by atoms with van der Waals surface area (Å²) in [4.78, 5) is 25.6. The zero-order chi connectivity index (χ0) is 41.9. The van der Waals surface area contributed by atoms with Gasteiger partial charge in [0.05, 0.1) is 21.2 Å². The molecule has 55 heavy (non-hydrogen) atoms. The van der Waals surface area contributed by atoms with Gasteiger partial charge in [0.15, 0.2) is 0 Å². The van der Waals surface area contributed by atoms with Gasteiger partial charge in [0.1, 0.15) is 0 Å². The molecule has 0 spiro atoms. The van der Waals surface area contributed by atoms with Crippen LogP contribution < -0.4 is 0 Å². The number of nitrogens with zero attached hydrogens (tertiary/aromatic N) is 1. The molecule has 0 bridgehead atoms. The largest absolute Gasteiger partial charge is 0.726 e. The number of rotatable bonds is 35. The molecule has 0 N–H and O–H groups in total. The molecule has 0 radical (unpaired) electrons. The number of hydrogen-bond acceptors (Lipinski definition) is 8. The lowest BCUT2D eigenvalue weighted by molar-refractivity contribution is -1.02. The van der Waals surface area contributed by atoms with Gasteiger partial charge in [0.2, 0.25) is 21.8 Å². The van der Waals surface area contributed by atoms with E-state index in [1.807, 2.05) is 41.8 Å². The minimum atomic E-state index is -4.41. The Morgan fingerprint density at radius 2 is 0.745 bits per heavy atom. The summed E-state index contributed by atoms with van der Waals surface area (Å²) in [6.07, 6.45) is 42.3. The zero-order valence-electron chi connectivity index (χ0n) is 37.2. The normalized spacial score (nSPS) is 12.6. The summed E-state index contributed by atoms with van der Waals surface area (Å²) in [5.74, 6) is -0.353. The van der Waals surface area contributed by atoms with Gasteiger partial charge in [-0.15, -0.1) is 0 Å². The fraction of sp³-hybridized carbons (Fsp3) is 0.867. The lowest BCUT2D eigenvalue weighted by Gasteiger charge is -2.51. The zero-order valence-corrected chi connectivity index (χ0v) is 38.0. The summed E-state index contributed by atoms with van der Waals surface area (Å²) >= 11 is 0. The highest BCUT2D eigenvalue weighted by Gasteiger charge is 2.52. The summed E-state index contributed by atoms with van der Waals surface area (Å²) in [6, 6.07) is 0. The van der Waals surface area contributed by atoms with Crippen LogP contribution in [0.1, 0.15) is 221 Å². The molecule has 10 heteroatoms.